The lowest BCUT2D eigenvalue weighted by atomic mass is 10.0. The molecule has 1 saturated heterocycles. The van der Waals surface area contributed by atoms with Crippen molar-refractivity contribution in [3.63, 3.8) is 0 Å². The standard InChI is InChI=1S/C21H20N2O2S/c1-2-23-18(14-22-21(23)26-19-12-13-25-20(19)24)17-10-8-16(9-11-17)15-6-4-3-5-7-15/h3-11,14,19H,2,12-13H2,1H3. The SMILES string of the molecule is CCn1c(-c2ccc(-c3ccccc3)cc2)cnc1SC1CCOC1=O. The molecular weight excluding hydrogens is 344 g/mol. The Morgan fingerprint density at radius 1 is 1.08 bits per heavy atom. The van der Waals surface area contributed by atoms with Crippen molar-refractivity contribution in [2.75, 3.05) is 6.61 Å². The minimum Gasteiger partial charge on any atom is -0.465 e. The van der Waals surface area contributed by atoms with Crippen molar-refractivity contribution in [1.29, 1.82) is 0 Å². The predicted octanol–water partition coefficient (Wildman–Crippen LogP) is 4.64. The molecule has 1 fully saturated rings. The first-order valence-electron chi connectivity index (χ1n) is 8.81. The van der Waals surface area contributed by atoms with Crippen molar-refractivity contribution < 1.29 is 9.53 Å². The Balaban J connectivity index is 1.60. The van der Waals surface area contributed by atoms with Crippen LogP contribution in [-0.2, 0) is 16.1 Å². The van der Waals surface area contributed by atoms with Crippen LogP contribution in [0.1, 0.15) is 13.3 Å². The smallest absolute Gasteiger partial charge is 0.319 e. The van der Waals surface area contributed by atoms with Gasteiger partial charge in [0.1, 0.15) is 5.25 Å². The van der Waals surface area contributed by atoms with Crippen LogP contribution in [0.15, 0.2) is 66.0 Å². The van der Waals surface area contributed by atoms with Crippen LogP contribution in [0.3, 0.4) is 0 Å². The third-order valence-electron chi connectivity index (χ3n) is 4.56. The van der Waals surface area contributed by atoms with Gasteiger partial charge < -0.3 is 9.30 Å². The maximum Gasteiger partial charge on any atom is 0.319 e. The normalized spacial score (nSPS) is 16.7. The van der Waals surface area contributed by atoms with Crippen molar-refractivity contribution in [2.45, 2.75) is 30.3 Å². The Labute approximate surface area is 157 Å². The van der Waals surface area contributed by atoms with Gasteiger partial charge in [0, 0.05) is 13.0 Å². The Hall–Kier alpha value is -2.53. The zero-order valence-electron chi connectivity index (χ0n) is 14.6. The molecule has 5 heteroatoms. The van der Waals surface area contributed by atoms with E-state index in [1.165, 1.54) is 22.9 Å². The topological polar surface area (TPSA) is 44.1 Å². The van der Waals surface area contributed by atoms with Crippen LogP contribution in [0.5, 0.6) is 0 Å². The van der Waals surface area contributed by atoms with Gasteiger partial charge in [0.05, 0.1) is 18.5 Å². The molecule has 1 aromatic heterocycles. The number of nitrogens with zero attached hydrogens (tertiary/aromatic N) is 2. The Morgan fingerprint density at radius 3 is 2.42 bits per heavy atom. The van der Waals surface area contributed by atoms with Gasteiger partial charge >= 0.3 is 5.97 Å². The summed E-state index contributed by atoms with van der Waals surface area (Å²) in [6.45, 7) is 3.41. The molecule has 2 aromatic carbocycles. The highest BCUT2D eigenvalue weighted by Crippen LogP contribution is 2.32. The van der Waals surface area contributed by atoms with Crippen LogP contribution in [-0.4, -0.2) is 27.4 Å². The zero-order valence-corrected chi connectivity index (χ0v) is 15.4. The molecule has 1 aliphatic heterocycles. The fraction of sp³-hybridized carbons (Fsp3) is 0.238. The number of thioether (sulfide) groups is 1. The second-order valence-electron chi connectivity index (χ2n) is 6.18. The number of hydrogen-bond acceptors (Lipinski definition) is 4. The molecule has 132 valence electrons. The third kappa shape index (κ3) is 3.27. The minimum absolute atomic E-state index is 0.130. The third-order valence-corrected chi connectivity index (χ3v) is 5.81. The largest absolute Gasteiger partial charge is 0.465 e. The van der Waals surface area contributed by atoms with Crippen molar-refractivity contribution >= 4 is 17.7 Å². The molecule has 0 radical (unpaired) electrons. The van der Waals surface area contributed by atoms with Gasteiger partial charge in [-0.15, -0.1) is 0 Å². The number of esters is 1. The number of rotatable bonds is 5. The van der Waals surface area contributed by atoms with E-state index in [1.54, 1.807) is 0 Å². The first-order chi connectivity index (χ1) is 12.8. The van der Waals surface area contributed by atoms with E-state index in [9.17, 15) is 4.79 Å². The van der Waals surface area contributed by atoms with E-state index in [-0.39, 0.29) is 11.2 Å². The summed E-state index contributed by atoms with van der Waals surface area (Å²) >= 11 is 1.50. The number of cyclic esters (lactones) is 1. The lowest BCUT2D eigenvalue weighted by Crippen LogP contribution is -2.11. The number of imidazole rings is 1. The summed E-state index contributed by atoms with van der Waals surface area (Å²) in [6.07, 6.45) is 2.64. The molecule has 3 aromatic rings. The predicted molar refractivity (Wildman–Crippen MR) is 104 cm³/mol. The number of ether oxygens (including phenoxy) is 1. The van der Waals surface area contributed by atoms with Crippen molar-refractivity contribution in [2.24, 2.45) is 0 Å². The molecule has 0 spiro atoms. The highest BCUT2D eigenvalue weighted by molar-refractivity contribution is 8.00. The molecule has 1 unspecified atom stereocenters. The zero-order chi connectivity index (χ0) is 17.9. The van der Waals surface area contributed by atoms with E-state index in [1.807, 2.05) is 24.4 Å². The van der Waals surface area contributed by atoms with Gasteiger partial charge in [-0.1, -0.05) is 66.4 Å². The summed E-state index contributed by atoms with van der Waals surface area (Å²) in [5.41, 5.74) is 4.60. The summed E-state index contributed by atoms with van der Waals surface area (Å²) in [5.74, 6) is -0.130. The number of hydrogen-bond donors (Lipinski definition) is 0. The summed E-state index contributed by atoms with van der Waals surface area (Å²) in [6, 6.07) is 18.9. The van der Waals surface area contributed by atoms with E-state index in [4.69, 9.17) is 4.74 Å². The molecule has 4 rings (SSSR count). The number of carbonyl (C=O) groups is 1. The molecule has 1 atom stereocenters. The highest BCUT2D eigenvalue weighted by Gasteiger charge is 2.29. The van der Waals surface area contributed by atoms with Gasteiger partial charge in [-0.05, 0) is 23.6 Å². The Bertz CT molecular complexity index is 904. The van der Waals surface area contributed by atoms with E-state index in [0.29, 0.717) is 6.61 Å². The lowest BCUT2D eigenvalue weighted by Gasteiger charge is -2.11. The molecule has 26 heavy (non-hydrogen) atoms. The number of aromatic nitrogens is 2. The van der Waals surface area contributed by atoms with Crippen molar-refractivity contribution in [3.8, 4) is 22.4 Å². The van der Waals surface area contributed by atoms with Crippen LogP contribution >= 0.6 is 11.8 Å². The summed E-state index contributed by atoms with van der Waals surface area (Å²) < 4.78 is 7.22. The molecule has 2 heterocycles. The van der Waals surface area contributed by atoms with Crippen LogP contribution in [0, 0.1) is 0 Å². The van der Waals surface area contributed by atoms with Gasteiger partial charge in [-0.3, -0.25) is 4.79 Å². The highest BCUT2D eigenvalue weighted by atomic mass is 32.2. The molecule has 1 aliphatic rings. The van der Waals surface area contributed by atoms with Gasteiger partial charge in [-0.2, -0.15) is 0 Å². The van der Waals surface area contributed by atoms with Crippen molar-refractivity contribution in [1.82, 2.24) is 9.55 Å². The Kier molecular flexibility index (Phi) is 4.80. The maximum absolute atomic E-state index is 11.7. The second-order valence-corrected chi connectivity index (χ2v) is 7.35. The lowest BCUT2D eigenvalue weighted by molar-refractivity contribution is -0.137. The number of benzene rings is 2. The summed E-state index contributed by atoms with van der Waals surface area (Å²) in [5, 5.41) is 0.731. The monoisotopic (exact) mass is 364 g/mol. The average Bonchev–Trinajstić information content (AvgIpc) is 3.29. The summed E-state index contributed by atoms with van der Waals surface area (Å²) in [7, 11) is 0. The van der Waals surface area contributed by atoms with E-state index in [0.717, 1.165) is 29.4 Å². The number of carbonyl (C=O) groups excluding carboxylic acids is 1. The fourth-order valence-corrected chi connectivity index (χ4v) is 4.27. The molecule has 4 nitrogen and oxygen atoms in total. The molecular formula is C21H20N2O2S. The summed E-state index contributed by atoms with van der Waals surface area (Å²) in [4.78, 5) is 16.3. The van der Waals surface area contributed by atoms with Gasteiger partial charge in [0.15, 0.2) is 5.16 Å². The van der Waals surface area contributed by atoms with E-state index >= 15 is 0 Å². The first-order valence-corrected chi connectivity index (χ1v) is 9.69. The molecule has 0 aliphatic carbocycles. The quantitative estimate of drug-likeness (QED) is 0.619. The maximum atomic E-state index is 11.7. The minimum atomic E-state index is -0.143. The van der Waals surface area contributed by atoms with Crippen LogP contribution in [0.25, 0.3) is 22.4 Å². The second kappa shape index (κ2) is 7.38. The van der Waals surface area contributed by atoms with E-state index < -0.39 is 0 Å². The van der Waals surface area contributed by atoms with E-state index in [2.05, 4.69) is 52.9 Å². The van der Waals surface area contributed by atoms with Gasteiger partial charge in [0.25, 0.3) is 0 Å². The molecule has 0 saturated carbocycles. The molecule has 0 N–H and O–H groups in total. The Morgan fingerprint density at radius 2 is 1.77 bits per heavy atom. The van der Waals surface area contributed by atoms with Crippen LogP contribution < -0.4 is 0 Å². The first kappa shape index (κ1) is 16.9. The molecule has 0 bridgehead atoms. The van der Waals surface area contributed by atoms with Crippen LogP contribution in [0.4, 0.5) is 0 Å². The van der Waals surface area contributed by atoms with Gasteiger partial charge in [-0.25, -0.2) is 4.98 Å². The average molecular weight is 364 g/mol. The molecule has 0 amide bonds. The van der Waals surface area contributed by atoms with Crippen LogP contribution in [0.2, 0.25) is 0 Å². The van der Waals surface area contributed by atoms with Gasteiger partial charge in [0.2, 0.25) is 0 Å². The van der Waals surface area contributed by atoms with Crippen molar-refractivity contribution in [3.05, 3.63) is 60.8 Å². The fourth-order valence-electron chi connectivity index (χ4n) is 3.16.